The Balaban J connectivity index is 1.50. The van der Waals surface area contributed by atoms with Crippen molar-refractivity contribution in [2.24, 2.45) is 0 Å². The van der Waals surface area contributed by atoms with Crippen molar-refractivity contribution in [3.05, 3.63) is 82.3 Å². The van der Waals surface area contributed by atoms with Gasteiger partial charge in [-0.25, -0.2) is 0 Å². The molecule has 0 fully saturated rings. The molecule has 4 rings (SSSR count). The number of nitrogens with zero attached hydrogens (tertiary/aromatic N) is 2. The Kier molecular flexibility index (Phi) is 5.16. The molecule has 2 aromatic heterocycles. The Labute approximate surface area is 161 Å². The van der Waals surface area contributed by atoms with Crippen molar-refractivity contribution in [2.45, 2.75) is 13.1 Å². The molecule has 1 amide bonds. The van der Waals surface area contributed by atoms with Gasteiger partial charge in [-0.3, -0.25) is 9.78 Å². The fraction of sp³-hybridized carbons (Fsp3) is 0.143. The van der Waals surface area contributed by atoms with E-state index in [9.17, 15) is 4.79 Å². The third-order valence-corrected chi connectivity index (χ3v) is 4.89. The Bertz CT molecular complexity index is 939. The molecule has 136 valence electrons. The van der Waals surface area contributed by atoms with Crippen LogP contribution >= 0.6 is 11.3 Å². The molecule has 5 nitrogen and oxygen atoms in total. The van der Waals surface area contributed by atoms with Gasteiger partial charge < -0.3 is 14.4 Å². The molecular formula is C21H18N2O3S. The summed E-state index contributed by atoms with van der Waals surface area (Å²) in [6.07, 6.45) is 5.13. The van der Waals surface area contributed by atoms with Gasteiger partial charge in [-0.05, 0) is 58.3 Å². The largest absolute Gasteiger partial charge is 0.454 e. The Morgan fingerprint density at radius 3 is 2.89 bits per heavy atom. The molecule has 3 heterocycles. The highest BCUT2D eigenvalue weighted by Gasteiger charge is 2.15. The summed E-state index contributed by atoms with van der Waals surface area (Å²) in [5, 5.41) is 4.07. The molecule has 0 saturated carbocycles. The molecule has 0 N–H and O–H groups in total. The zero-order chi connectivity index (χ0) is 18.5. The first-order chi connectivity index (χ1) is 13.3. The van der Waals surface area contributed by atoms with Crippen molar-refractivity contribution >= 4 is 23.3 Å². The van der Waals surface area contributed by atoms with E-state index in [0.717, 1.165) is 22.6 Å². The first-order valence-corrected chi connectivity index (χ1v) is 9.50. The second-order valence-electron chi connectivity index (χ2n) is 6.09. The van der Waals surface area contributed by atoms with Gasteiger partial charge in [0.2, 0.25) is 12.7 Å². The normalized spacial score (nSPS) is 12.4. The SMILES string of the molecule is O=C(/C=C/c1ccc2c(c1)OCO2)N(Cc1ccsc1)Cc1ccccn1. The summed E-state index contributed by atoms with van der Waals surface area (Å²) in [5.74, 6) is 1.37. The van der Waals surface area contributed by atoms with Crippen molar-refractivity contribution in [1.82, 2.24) is 9.88 Å². The number of aromatic nitrogens is 1. The van der Waals surface area contributed by atoms with Crippen LogP contribution < -0.4 is 9.47 Å². The summed E-state index contributed by atoms with van der Waals surface area (Å²) in [7, 11) is 0. The summed E-state index contributed by atoms with van der Waals surface area (Å²) in [5.41, 5.74) is 2.86. The molecule has 0 radical (unpaired) electrons. The van der Waals surface area contributed by atoms with Crippen LogP contribution in [-0.4, -0.2) is 22.6 Å². The molecule has 1 aromatic carbocycles. The zero-order valence-electron chi connectivity index (χ0n) is 14.6. The maximum atomic E-state index is 12.8. The lowest BCUT2D eigenvalue weighted by atomic mass is 10.2. The molecule has 1 aliphatic rings. The van der Waals surface area contributed by atoms with E-state index in [0.29, 0.717) is 18.8 Å². The van der Waals surface area contributed by atoms with Gasteiger partial charge in [0.25, 0.3) is 0 Å². The highest BCUT2D eigenvalue weighted by molar-refractivity contribution is 7.07. The number of carbonyl (C=O) groups excluding carboxylic acids is 1. The van der Waals surface area contributed by atoms with Gasteiger partial charge in [0.05, 0.1) is 12.2 Å². The molecule has 3 aromatic rings. The minimum atomic E-state index is -0.0653. The fourth-order valence-corrected chi connectivity index (χ4v) is 3.45. The third-order valence-electron chi connectivity index (χ3n) is 4.16. The van der Waals surface area contributed by atoms with Crippen molar-refractivity contribution in [2.75, 3.05) is 6.79 Å². The molecule has 0 aliphatic carbocycles. The number of pyridine rings is 1. The van der Waals surface area contributed by atoms with Crippen molar-refractivity contribution in [1.29, 1.82) is 0 Å². The maximum Gasteiger partial charge on any atom is 0.247 e. The minimum Gasteiger partial charge on any atom is -0.454 e. The number of thiophene rings is 1. The summed E-state index contributed by atoms with van der Waals surface area (Å²) in [6.45, 7) is 1.24. The van der Waals surface area contributed by atoms with Crippen LogP contribution in [0.2, 0.25) is 0 Å². The summed E-state index contributed by atoms with van der Waals surface area (Å²) >= 11 is 1.62. The monoisotopic (exact) mass is 378 g/mol. The van der Waals surface area contributed by atoms with Crippen LogP contribution in [0.25, 0.3) is 6.08 Å². The molecule has 0 saturated heterocycles. The minimum absolute atomic E-state index is 0.0653. The number of ether oxygens (including phenoxy) is 2. The number of benzene rings is 1. The van der Waals surface area contributed by atoms with Crippen molar-refractivity contribution < 1.29 is 14.3 Å². The van der Waals surface area contributed by atoms with Crippen LogP contribution in [0.3, 0.4) is 0 Å². The smallest absolute Gasteiger partial charge is 0.247 e. The Morgan fingerprint density at radius 1 is 1.15 bits per heavy atom. The van der Waals surface area contributed by atoms with Gasteiger partial charge in [0, 0.05) is 18.8 Å². The number of carbonyl (C=O) groups is 1. The van der Waals surface area contributed by atoms with Gasteiger partial charge in [-0.1, -0.05) is 12.1 Å². The summed E-state index contributed by atoms with van der Waals surface area (Å²) in [6, 6.07) is 13.4. The van der Waals surface area contributed by atoms with Crippen LogP contribution in [0.15, 0.2) is 65.5 Å². The molecule has 0 atom stereocenters. The standard InChI is InChI=1S/C21H18N2O3S/c24-21(7-5-16-4-6-19-20(11-16)26-15-25-19)23(12-17-8-10-27-14-17)13-18-3-1-2-9-22-18/h1-11,14H,12-13,15H2/b7-5+. The maximum absolute atomic E-state index is 12.8. The number of rotatable bonds is 6. The highest BCUT2D eigenvalue weighted by Crippen LogP contribution is 2.32. The van der Waals surface area contributed by atoms with Gasteiger partial charge in [0.1, 0.15) is 0 Å². The van der Waals surface area contributed by atoms with E-state index in [2.05, 4.69) is 10.4 Å². The van der Waals surface area contributed by atoms with E-state index in [1.807, 2.05) is 47.8 Å². The molecule has 6 heteroatoms. The Morgan fingerprint density at radius 2 is 2.07 bits per heavy atom. The van der Waals surface area contributed by atoms with E-state index in [1.54, 1.807) is 34.6 Å². The lowest BCUT2D eigenvalue weighted by Gasteiger charge is -2.20. The summed E-state index contributed by atoms with van der Waals surface area (Å²) in [4.78, 5) is 19.0. The highest BCUT2D eigenvalue weighted by atomic mass is 32.1. The number of hydrogen-bond acceptors (Lipinski definition) is 5. The quantitative estimate of drug-likeness (QED) is 0.606. The summed E-state index contributed by atoms with van der Waals surface area (Å²) < 4.78 is 10.7. The topological polar surface area (TPSA) is 51.7 Å². The number of hydrogen-bond donors (Lipinski definition) is 0. The lowest BCUT2D eigenvalue weighted by molar-refractivity contribution is -0.127. The second kappa shape index (κ2) is 8.05. The van der Waals surface area contributed by atoms with Crippen LogP contribution in [-0.2, 0) is 17.9 Å². The number of amides is 1. The Hall–Kier alpha value is -3.12. The van der Waals surface area contributed by atoms with E-state index in [-0.39, 0.29) is 12.7 Å². The van der Waals surface area contributed by atoms with Gasteiger partial charge in [-0.2, -0.15) is 11.3 Å². The first-order valence-electron chi connectivity index (χ1n) is 8.55. The van der Waals surface area contributed by atoms with E-state index < -0.39 is 0 Å². The van der Waals surface area contributed by atoms with Gasteiger partial charge in [-0.15, -0.1) is 0 Å². The van der Waals surface area contributed by atoms with Gasteiger partial charge >= 0.3 is 0 Å². The van der Waals surface area contributed by atoms with E-state index in [4.69, 9.17) is 9.47 Å². The fourth-order valence-electron chi connectivity index (χ4n) is 2.79. The predicted molar refractivity (Wildman–Crippen MR) is 104 cm³/mol. The molecule has 27 heavy (non-hydrogen) atoms. The number of fused-ring (bicyclic) bond motifs is 1. The van der Waals surface area contributed by atoms with Crippen LogP contribution in [0.1, 0.15) is 16.8 Å². The zero-order valence-corrected chi connectivity index (χ0v) is 15.4. The average Bonchev–Trinajstić information content (AvgIpc) is 3.37. The predicted octanol–water partition coefficient (Wildman–Crippen LogP) is 4.11. The van der Waals surface area contributed by atoms with E-state index in [1.165, 1.54) is 0 Å². The van der Waals surface area contributed by atoms with Crippen LogP contribution in [0.5, 0.6) is 11.5 Å². The first kappa shape index (κ1) is 17.3. The second-order valence-corrected chi connectivity index (χ2v) is 6.87. The molecule has 0 unspecified atom stereocenters. The van der Waals surface area contributed by atoms with E-state index >= 15 is 0 Å². The molecule has 1 aliphatic heterocycles. The average molecular weight is 378 g/mol. The molecule has 0 bridgehead atoms. The molecule has 0 spiro atoms. The van der Waals surface area contributed by atoms with Crippen molar-refractivity contribution in [3.8, 4) is 11.5 Å². The van der Waals surface area contributed by atoms with Crippen LogP contribution in [0, 0.1) is 0 Å². The van der Waals surface area contributed by atoms with Crippen LogP contribution in [0.4, 0.5) is 0 Å². The van der Waals surface area contributed by atoms with Crippen molar-refractivity contribution in [3.63, 3.8) is 0 Å². The molecular weight excluding hydrogens is 360 g/mol. The third kappa shape index (κ3) is 4.35. The lowest BCUT2D eigenvalue weighted by Crippen LogP contribution is -2.28. The van der Waals surface area contributed by atoms with Gasteiger partial charge in [0.15, 0.2) is 11.5 Å².